The molecule has 0 saturated carbocycles. The topological polar surface area (TPSA) is 38.8 Å². The SMILES string of the molecule is O=C(OCc1ccccc1)N1C2C=C(c3ccc(OC(F)F)cc3)CC1CC2. The molecule has 0 radical (unpaired) electrons. The van der Waals surface area contributed by atoms with E-state index in [1.54, 1.807) is 24.3 Å². The van der Waals surface area contributed by atoms with Gasteiger partial charge in [-0.3, -0.25) is 4.90 Å². The molecule has 0 aliphatic carbocycles. The van der Waals surface area contributed by atoms with Crippen LogP contribution in [0.3, 0.4) is 0 Å². The maximum Gasteiger partial charge on any atom is 0.410 e. The molecule has 4 nitrogen and oxygen atoms in total. The van der Waals surface area contributed by atoms with Crippen molar-refractivity contribution < 1.29 is 23.0 Å². The summed E-state index contributed by atoms with van der Waals surface area (Å²) in [6.45, 7) is -2.57. The first kappa shape index (κ1) is 18.5. The maximum atomic E-state index is 12.6. The van der Waals surface area contributed by atoms with Crippen LogP contribution >= 0.6 is 0 Å². The van der Waals surface area contributed by atoms with Crippen LogP contribution in [0, 0.1) is 0 Å². The Hall–Kier alpha value is -2.89. The highest BCUT2D eigenvalue weighted by Crippen LogP contribution is 2.39. The van der Waals surface area contributed by atoms with E-state index in [2.05, 4.69) is 10.8 Å². The van der Waals surface area contributed by atoms with E-state index >= 15 is 0 Å². The van der Waals surface area contributed by atoms with Crippen molar-refractivity contribution in [3.63, 3.8) is 0 Å². The molecule has 4 rings (SSSR count). The molecule has 2 atom stereocenters. The van der Waals surface area contributed by atoms with Gasteiger partial charge in [0.1, 0.15) is 12.4 Å². The van der Waals surface area contributed by atoms with Gasteiger partial charge in [-0.05, 0) is 48.1 Å². The predicted molar refractivity (Wildman–Crippen MR) is 101 cm³/mol. The average Bonchev–Trinajstić information content (AvgIpc) is 2.97. The molecule has 2 aliphatic heterocycles. The van der Waals surface area contributed by atoms with Gasteiger partial charge in [-0.2, -0.15) is 8.78 Å². The van der Waals surface area contributed by atoms with Crippen molar-refractivity contribution in [2.24, 2.45) is 0 Å². The number of halogens is 2. The standard InChI is InChI=1S/C22H21F2NO3/c23-21(24)28-20-10-6-16(7-11-20)17-12-18-8-9-19(13-17)25(18)22(26)27-14-15-4-2-1-3-5-15/h1-7,10-12,18-19,21H,8-9,13-14H2. The van der Waals surface area contributed by atoms with E-state index in [-0.39, 0.29) is 30.5 Å². The highest BCUT2D eigenvalue weighted by molar-refractivity contribution is 5.75. The van der Waals surface area contributed by atoms with Gasteiger partial charge in [0.15, 0.2) is 0 Å². The molecule has 6 heteroatoms. The molecule has 2 heterocycles. The third kappa shape index (κ3) is 4.01. The lowest BCUT2D eigenvalue weighted by Crippen LogP contribution is -2.43. The molecular weight excluding hydrogens is 364 g/mol. The van der Waals surface area contributed by atoms with Gasteiger partial charge in [0.25, 0.3) is 0 Å². The van der Waals surface area contributed by atoms with Gasteiger partial charge in [-0.25, -0.2) is 4.79 Å². The number of alkyl halides is 2. The van der Waals surface area contributed by atoms with Crippen molar-refractivity contribution in [2.75, 3.05) is 0 Å². The summed E-state index contributed by atoms with van der Waals surface area (Å²) >= 11 is 0. The fourth-order valence-electron chi connectivity index (χ4n) is 3.97. The highest BCUT2D eigenvalue weighted by atomic mass is 19.3. The minimum absolute atomic E-state index is 0.00835. The third-order valence-corrected chi connectivity index (χ3v) is 5.26. The summed E-state index contributed by atoms with van der Waals surface area (Å²) in [5.74, 6) is 0.143. The minimum Gasteiger partial charge on any atom is -0.445 e. The predicted octanol–water partition coefficient (Wildman–Crippen LogP) is 5.24. The summed E-state index contributed by atoms with van der Waals surface area (Å²) in [4.78, 5) is 14.4. The maximum absolute atomic E-state index is 12.6. The average molecular weight is 385 g/mol. The first-order valence-corrected chi connectivity index (χ1v) is 9.35. The molecule has 1 saturated heterocycles. The molecule has 0 N–H and O–H groups in total. The number of carbonyl (C=O) groups is 1. The van der Waals surface area contributed by atoms with Gasteiger partial charge < -0.3 is 9.47 Å². The van der Waals surface area contributed by atoms with E-state index in [9.17, 15) is 13.6 Å². The number of rotatable bonds is 5. The molecule has 1 amide bonds. The lowest BCUT2D eigenvalue weighted by atomic mass is 9.95. The molecule has 2 aromatic carbocycles. The monoisotopic (exact) mass is 385 g/mol. The highest BCUT2D eigenvalue weighted by Gasteiger charge is 2.40. The van der Waals surface area contributed by atoms with Gasteiger partial charge in [0.05, 0.1) is 6.04 Å². The zero-order chi connectivity index (χ0) is 19.5. The first-order valence-electron chi connectivity index (χ1n) is 9.35. The summed E-state index contributed by atoms with van der Waals surface area (Å²) in [7, 11) is 0. The largest absolute Gasteiger partial charge is 0.445 e. The number of carbonyl (C=O) groups excluding carboxylic acids is 1. The Morgan fingerprint density at radius 1 is 1.07 bits per heavy atom. The summed E-state index contributed by atoms with van der Waals surface area (Å²) in [6.07, 6.45) is 4.37. The van der Waals surface area contributed by atoms with E-state index in [1.165, 1.54) is 0 Å². The van der Waals surface area contributed by atoms with Crippen LogP contribution in [0.5, 0.6) is 5.75 Å². The Labute approximate surface area is 162 Å². The Morgan fingerprint density at radius 2 is 1.82 bits per heavy atom. The second-order valence-corrected chi connectivity index (χ2v) is 7.04. The van der Waals surface area contributed by atoms with Crippen molar-refractivity contribution in [2.45, 2.75) is 44.6 Å². The van der Waals surface area contributed by atoms with Gasteiger partial charge in [0, 0.05) is 6.04 Å². The summed E-state index contributed by atoms with van der Waals surface area (Å²) in [5, 5.41) is 0. The third-order valence-electron chi connectivity index (χ3n) is 5.26. The fraction of sp³-hybridized carbons (Fsp3) is 0.318. The van der Waals surface area contributed by atoms with Crippen LogP contribution in [0.15, 0.2) is 60.7 Å². The molecule has 2 bridgehead atoms. The van der Waals surface area contributed by atoms with Crippen LogP contribution in [-0.4, -0.2) is 29.7 Å². The van der Waals surface area contributed by atoms with Crippen molar-refractivity contribution in [1.29, 1.82) is 0 Å². The number of fused-ring (bicyclic) bond motifs is 2. The van der Waals surface area contributed by atoms with E-state index in [4.69, 9.17) is 4.74 Å². The van der Waals surface area contributed by atoms with Gasteiger partial charge in [-0.1, -0.05) is 48.5 Å². The number of ether oxygens (including phenoxy) is 2. The van der Waals surface area contributed by atoms with Crippen LogP contribution in [0.25, 0.3) is 5.57 Å². The molecule has 2 unspecified atom stereocenters. The number of hydrogen-bond donors (Lipinski definition) is 0. The number of amides is 1. The molecule has 2 aromatic rings. The Kier molecular flexibility index (Phi) is 5.28. The van der Waals surface area contributed by atoms with Crippen LogP contribution in [0.2, 0.25) is 0 Å². The van der Waals surface area contributed by atoms with E-state index in [0.29, 0.717) is 0 Å². The second kappa shape index (κ2) is 8.00. The van der Waals surface area contributed by atoms with Crippen LogP contribution in [0.4, 0.5) is 13.6 Å². The van der Waals surface area contributed by atoms with Crippen LogP contribution in [0.1, 0.15) is 30.4 Å². The summed E-state index contributed by atoms with van der Waals surface area (Å²) in [6, 6.07) is 16.4. The summed E-state index contributed by atoms with van der Waals surface area (Å²) in [5.41, 5.74) is 3.06. The lowest BCUT2D eigenvalue weighted by molar-refractivity contribution is -0.0498. The Morgan fingerprint density at radius 3 is 2.50 bits per heavy atom. The van der Waals surface area contributed by atoms with E-state index < -0.39 is 6.61 Å². The molecule has 28 heavy (non-hydrogen) atoms. The van der Waals surface area contributed by atoms with Gasteiger partial charge >= 0.3 is 12.7 Å². The lowest BCUT2D eigenvalue weighted by Gasteiger charge is -2.33. The molecule has 0 spiro atoms. The zero-order valence-corrected chi connectivity index (χ0v) is 15.3. The van der Waals surface area contributed by atoms with Crippen molar-refractivity contribution in [3.05, 3.63) is 71.8 Å². The van der Waals surface area contributed by atoms with E-state index in [0.717, 1.165) is 36.0 Å². The quantitative estimate of drug-likeness (QED) is 0.706. The van der Waals surface area contributed by atoms with Crippen LogP contribution in [-0.2, 0) is 11.3 Å². The van der Waals surface area contributed by atoms with Crippen molar-refractivity contribution >= 4 is 11.7 Å². The van der Waals surface area contributed by atoms with Crippen molar-refractivity contribution in [1.82, 2.24) is 4.90 Å². The van der Waals surface area contributed by atoms with E-state index in [1.807, 2.05) is 35.2 Å². The van der Waals surface area contributed by atoms with Crippen molar-refractivity contribution in [3.8, 4) is 5.75 Å². The fourth-order valence-corrected chi connectivity index (χ4v) is 3.97. The minimum atomic E-state index is -2.83. The van der Waals surface area contributed by atoms with Gasteiger partial charge in [0.2, 0.25) is 0 Å². The summed E-state index contributed by atoms with van der Waals surface area (Å²) < 4.78 is 34.5. The molecule has 146 valence electrons. The smallest absolute Gasteiger partial charge is 0.410 e. The Balaban J connectivity index is 1.42. The van der Waals surface area contributed by atoms with Gasteiger partial charge in [-0.15, -0.1) is 0 Å². The second-order valence-electron chi connectivity index (χ2n) is 7.04. The molecule has 2 aliphatic rings. The zero-order valence-electron chi connectivity index (χ0n) is 15.3. The molecular formula is C22H21F2NO3. The number of hydrogen-bond acceptors (Lipinski definition) is 3. The number of benzene rings is 2. The first-order chi connectivity index (χ1) is 13.6. The normalized spacial score (nSPS) is 20.8. The molecule has 1 fully saturated rings. The number of nitrogens with zero attached hydrogens (tertiary/aromatic N) is 1. The van der Waals surface area contributed by atoms with Crippen LogP contribution < -0.4 is 4.74 Å². The Bertz CT molecular complexity index is 852. The molecule has 0 aromatic heterocycles.